The van der Waals surface area contributed by atoms with E-state index in [9.17, 15) is 9.90 Å². The minimum Gasteiger partial charge on any atom is -0.497 e. The second-order valence-electron chi connectivity index (χ2n) is 6.71. The molecule has 1 aliphatic heterocycles. The van der Waals surface area contributed by atoms with E-state index in [2.05, 4.69) is 15.5 Å². The normalized spacial score (nSPS) is 18.2. The summed E-state index contributed by atoms with van der Waals surface area (Å²) >= 11 is 0. The molecule has 2 atom stereocenters. The van der Waals surface area contributed by atoms with Gasteiger partial charge < -0.3 is 24.6 Å². The van der Waals surface area contributed by atoms with Crippen LogP contribution in [0.5, 0.6) is 5.75 Å². The Labute approximate surface area is 158 Å². The number of likely N-dealkylation sites (tertiary alicyclic amines) is 1. The predicted octanol–water partition coefficient (Wildman–Crippen LogP) is 2.75. The minimum atomic E-state index is -0.416. The molecule has 0 saturated carbocycles. The average molecular weight is 374 g/mol. The number of nitrogens with one attached hydrogen (secondary N) is 1. The van der Waals surface area contributed by atoms with Crippen LogP contribution in [0, 0.1) is 0 Å². The van der Waals surface area contributed by atoms with Gasteiger partial charge in [0.1, 0.15) is 11.8 Å². The summed E-state index contributed by atoms with van der Waals surface area (Å²) in [6.45, 7) is 2.59. The first kappa shape index (κ1) is 19.2. The molecule has 2 aromatic rings. The lowest BCUT2D eigenvalue weighted by Gasteiger charge is -2.36. The van der Waals surface area contributed by atoms with Crippen LogP contribution in [0.15, 0.2) is 28.8 Å². The van der Waals surface area contributed by atoms with Crippen LogP contribution in [0.3, 0.4) is 0 Å². The molecule has 2 N–H and O–H groups in total. The molecule has 0 spiro atoms. The van der Waals surface area contributed by atoms with E-state index in [0.717, 1.165) is 24.8 Å². The number of urea groups is 1. The van der Waals surface area contributed by atoms with Gasteiger partial charge in [-0.1, -0.05) is 17.3 Å². The Morgan fingerprint density at radius 3 is 3.11 bits per heavy atom. The monoisotopic (exact) mass is 374 g/mol. The number of carbonyl (C=O) groups is 1. The number of benzene rings is 1. The molecule has 8 nitrogen and oxygen atoms in total. The first-order valence-electron chi connectivity index (χ1n) is 9.28. The molecular formula is C19H26N4O4. The third-order valence-corrected chi connectivity index (χ3v) is 4.83. The van der Waals surface area contributed by atoms with Crippen LogP contribution in [0.2, 0.25) is 0 Å². The summed E-state index contributed by atoms with van der Waals surface area (Å²) < 4.78 is 10.6. The number of nitrogens with zero attached hydrogens (tertiary/aromatic N) is 3. The van der Waals surface area contributed by atoms with E-state index in [1.54, 1.807) is 12.0 Å². The highest BCUT2D eigenvalue weighted by molar-refractivity contribution is 5.75. The summed E-state index contributed by atoms with van der Waals surface area (Å²) in [5.41, 5.74) is 0.780. The molecule has 1 saturated heterocycles. The zero-order valence-electron chi connectivity index (χ0n) is 15.7. The highest BCUT2D eigenvalue weighted by atomic mass is 16.5. The van der Waals surface area contributed by atoms with Crippen molar-refractivity contribution in [2.24, 2.45) is 0 Å². The Balaban J connectivity index is 1.66. The second kappa shape index (κ2) is 8.85. The van der Waals surface area contributed by atoms with Gasteiger partial charge >= 0.3 is 6.03 Å². The molecule has 1 aliphatic rings. The van der Waals surface area contributed by atoms with Gasteiger partial charge in [0.25, 0.3) is 0 Å². The maximum absolute atomic E-state index is 12.7. The fourth-order valence-corrected chi connectivity index (χ4v) is 3.34. The highest BCUT2D eigenvalue weighted by Gasteiger charge is 2.28. The number of rotatable bonds is 6. The van der Waals surface area contributed by atoms with Gasteiger partial charge in [-0.05, 0) is 44.7 Å². The Bertz CT molecular complexity index is 762. The molecular weight excluding hydrogens is 348 g/mol. The van der Waals surface area contributed by atoms with E-state index >= 15 is 0 Å². The van der Waals surface area contributed by atoms with Crippen LogP contribution < -0.4 is 10.1 Å². The number of amides is 2. The van der Waals surface area contributed by atoms with Crippen molar-refractivity contribution in [3.05, 3.63) is 30.2 Å². The number of hydrogen-bond acceptors (Lipinski definition) is 6. The molecule has 2 amide bonds. The van der Waals surface area contributed by atoms with Crippen molar-refractivity contribution in [2.45, 2.75) is 44.7 Å². The third-order valence-electron chi connectivity index (χ3n) is 4.83. The highest BCUT2D eigenvalue weighted by Crippen LogP contribution is 2.24. The van der Waals surface area contributed by atoms with Crippen LogP contribution in [0.1, 0.15) is 44.5 Å². The largest absolute Gasteiger partial charge is 0.497 e. The number of ether oxygens (including phenoxy) is 1. The zero-order chi connectivity index (χ0) is 19.2. The van der Waals surface area contributed by atoms with E-state index in [1.807, 2.05) is 31.2 Å². The molecule has 1 aromatic carbocycles. The fourth-order valence-electron chi connectivity index (χ4n) is 3.34. The van der Waals surface area contributed by atoms with Crippen molar-refractivity contribution in [3.63, 3.8) is 0 Å². The van der Waals surface area contributed by atoms with Crippen molar-refractivity contribution in [3.8, 4) is 17.1 Å². The molecule has 2 heterocycles. The average Bonchev–Trinajstić information content (AvgIpc) is 3.19. The molecule has 1 aromatic heterocycles. The minimum absolute atomic E-state index is 0.0750. The number of hydrogen-bond donors (Lipinski definition) is 2. The topological polar surface area (TPSA) is 101 Å². The Morgan fingerprint density at radius 2 is 2.33 bits per heavy atom. The van der Waals surface area contributed by atoms with Crippen molar-refractivity contribution >= 4 is 6.03 Å². The van der Waals surface area contributed by atoms with Crippen LogP contribution >= 0.6 is 0 Å². The number of aliphatic hydroxyl groups is 1. The summed E-state index contributed by atoms with van der Waals surface area (Å²) in [6.07, 6.45) is 3.58. The first-order chi connectivity index (χ1) is 13.1. The van der Waals surface area contributed by atoms with Crippen LogP contribution in [-0.4, -0.2) is 52.5 Å². The molecule has 0 radical (unpaired) electrons. The van der Waals surface area contributed by atoms with Gasteiger partial charge in [0.05, 0.1) is 7.11 Å². The smallest absolute Gasteiger partial charge is 0.318 e. The molecule has 146 valence electrons. The van der Waals surface area contributed by atoms with Gasteiger partial charge in [-0.2, -0.15) is 4.98 Å². The molecule has 0 bridgehead atoms. The molecule has 3 rings (SSSR count). The maximum Gasteiger partial charge on any atom is 0.318 e. The van der Waals surface area contributed by atoms with Crippen molar-refractivity contribution in [1.29, 1.82) is 0 Å². The van der Waals surface area contributed by atoms with Gasteiger partial charge in [0, 0.05) is 24.8 Å². The van der Waals surface area contributed by atoms with Gasteiger partial charge in [0.2, 0.25) is 11.7 Å². The molecule has 8 heteroatoms. The standard InChI is InChI=1S/C19H26N4O4/c1-13(20-19(25)23-10-4-3-7-15(23)9-11-24)18-21-17(22-27-18)14-6-5-8-16(12-14)26-2/h5-6,8,12-13,15,24H,3-4,7,9-11H2,1-2H3,(H,20,25). The van der Waals surface area contributed by atoms with Crippen LogP contribution in [0.25, 0.3) is 11.4 Å². The Kier molecular flexibility index (Phi) is 6.28. The number of aliphatic hydroxyl groups excluding tert-OH is 1. The van der Waals surface area contributed by atoms with E-state index in [1.165, 1.54) is 0 Å². The summed E-state index contributed by atoms with van der Waals surface area (Å²) in [7, 11) is 1.60. The number of carbonyl (C=O) groups excluding carboxylic acids is 1. The second-order valence-corrected chi connectivity index (χ2v) is 6.71. The lowest BCUT2D eigenvalue weighted by atomic mass is 10.00. The lowest BCUT2D eigenvalue weighted by molar-refractivity contribution is 0.128. The maximum atomic E-state index is 12.7. The van der Waals surface area contributed by atoms with E-state index in [0.29, 0.717) is 30.4 Å². The quantitative estimate of drug-likeness (QED) is 0.806. The third kappa shape index (κ3) is 4.57. The van der Waals surface area contributed by atoms with Crippen molar-refractivity contribution in [2.75, 3.05) is 20.3 Å². The van der Waals surface area contributed by atoms with Gasteiger partial charge in [0.15, 0.2) is 0 Å². The molecule has 2 unspecified atom stereocenters. The summed E-state index contributed by atoms with van der Waals surface area (Å²) in [4.78, 5) is 18.9. The first-order valence-corrected chi connectivity index (χ1v) is 9.28. The number of aromatic nitrogens is 2. The van der Waals surface area contributed by atoms with Gasteiger partial charge in [-0.15, -0.1) is 0 Å². The van der Waals surface area contributed by atoms with Gasteiger partial charge in [-0.3, -0.25) is 0 Å². The Hall–Kier alpha value is -2.61. The van der Waals surface area contributed by atoms with Crippen molar-refractivity contribution in [1.82, 2.24) is 20.4 Å². The van der Waals surface area contributed by atoms with Gasteiger partial charge in [-0.25, -0.2) is 4.79 Å². The number of methoxy groups -OCH3 is 1. The SMILES string of the molecule is COc1cccc(-c2noc(C(C)NC(=O)N3CCCCC3CCO)n2)c1. The zero-order valence-corrected chi connectivity index (χ0v) is 15.7. The lowest BCUT2D eigenvalue weighted by Crippen LogP contribution is -2.49. The van der Waals surface area contributed by atoms with E-state index in [-0.39, 0.29) is 18.7 Å². The van der Waals surface area contributed by atoms with Crippen molar-refractivity contribution < 1.29 is 19.2 Å². The van der Waals surface area contributed by atoms with E-state index in [4.69, 9.17) is 9.26 Å². The number of piperidine rings is 1. The van der Waals surface area contributed by atoms with Crippen LogP contribution in [0.4, 0.5) is 4.79 Å². The summed E-state index contributed by atoms with van der Waals surface area (Å²) in [6, 6.07) is 6.88. The molecule has 27 heavy (non-hydrogen) atoms. The molecule has 1 fully saturated rings. The van der Waals surface area contributed by atoms with E-state index < -0.39 is 6.04 Å². The summed E-state index contributed by atoms with van der Waals surface area (Å²) in [5.74, 6) is 1.50. The Morgan fingerprint density at radius 1 is 1.48 bits per heavy atom. The predicted molar refractivity (Wildman–Crippen MR) is 99.3 cm³/mol. The van der Waals surface area contributed by atoms with Crippen LogP contribution in [-0.2, 0) is 0 Å². The fraction of sp³-hybridized carbons (Fsp3) is 0.526. The molecule has 0 aliphatic carbocycles. The summed E-state index contributed by atoms with van der Waals surface area (Å²) in [5, 5.41) is 16.2.